The summed E-state index contributed by atoms with van der Waals surface area (Å²) in [5.41, 5.74) is 1.59. The van der Waals surface area contributed by atoms with Gasteiger partial charge in [-0.25, -0.2) is 9.18 Å². The molecule has 0 radical (unpaired) electrons. The molecule has 0 bridgehead atoms. The lowest BCUT2D eigenvalue weighted by Crippen LogP contribution is -2.32. The van der Waals surface area contributed by atoms with Crippen molar-refractivity contribution in [2.24, 2.45) is 0 Å². The predicted molar refractivity (Wildman–Crippen MR) is 65.2 cm³/mol. The lowest BCUT2D eigenvalue weighted by Gasteiger charge is -2.30. The van der Waals surface area contributed by atoms with Gasteiger partial charge in [-0.05, 0) is 29.4 Å². The van der Waals surface area contributed by atoms with Gasteiger partial charge in [0.15, 0.2) is 0 Å². The van der Waals surface area contributed by atoms with E-state index >= 15 is 0 Å². The molecule has 2 rings (SSSR count). The molecule has 90 valence electrons. The molecule has 2 unspecified atom stereocenters. The van der Waals surface area contributed by atoms with Crippen molar-refractivity contribution in [3.05, 3.63) is 35.1 Å². The number of carbonyl (C=O) groups excluding carboxylic acids is 1. The van der Waals surface area contributed by atoms with Crippen molar-refractivity contribution in [2.45, 2.75) is 24.7 Å². The number of hydrogen-bond acceptors (Lipinski definition) is 2. The lowest BCUT2D eigenvalue weighted by molar-refractivity contribution is 0.165. The molecule has 0 heterocycles. The van der Waals surface area contributed by atoms with E-state index in [0.717, 1.165) is 24.0 Å². The van der Waals surface area contributed by atoms with Gasteiger partial charge < -0.3 is 10.1 Å². The summed E-state index contributed by atoms with van der Waals surface area (Å²) in [6.45, 7) is 0. The van der Waals surface area contributed by atoms with Crippen LogP contribution in [0, 0.1) is 5.82 Å². The first-order chi connectivity index (χ1) is 8.13. The molecule has 2 atom stereocenters. The number of benzene rings is 1. The van der Waals surface area contributed by atoms with Crippen LogP contribution in [0.3, 0.4) is 0 Å². The summed E-state index contributed by atoms with van der Waals surface area (Å²) in [5, 5.41) is 2.74. The first-order valence-electron chi connectivity index (χ1n) is 5.76. The second-order valence-corrected chi connectivity index (χ2v) is 4.41. The van der Waals surface area contributed by atoms with Gasteiger partial charge in [-0.1, -0.05) is 18.6 Å². The normalized spacial score (nSPS) is 22.7. The number of hydrogen-bond donors (Lipinski definition) is 1. The summed E-state index contributed by atoms with van der Waals surface area (Å²) < 4.78 is 18.4. The van der Waals surface area contributed by atoms with Crippen molar-refractivity contribution in [1.29, 1.82) is 0 Å². The Labute approximate surface area is 101 Å². The maximum atomic E-state index is 13.8. The second kappa shape index (κ2) is 4.78. The smallest absolute Gasteiger partial charge is 0.407 e. The van der Waals surface area contributed by atoms with E-state index in [1.54, 1.807) is 6.07 Å². The summed E-state index contributed by atoms with van der Waals surface area (Å²) in [6, 6.07) is 4.87. The summed E-state index contributed by atoms with van der Waals surface area (Å²) in [4.78, 5) is 11.2. The lowest BCUT2D eigenvalue weighted by atomic mass is 9.70. The predicted octanol–water partition coefficient (Wildman–Crippen LogP) is 1.69. The van der Waals surface area contributed by atoms with E-state index in [2.05, 4.69) is 10.1 Å². The zero-order chi connectivity index (χ0) is 12.4. The first-order valence-corrected chi connectivity index (χ1v) is 5.76. The van der Waals surface area contributed by atoms with Gasteiger partial charge in [0.25, 0.3) is 0 Å². The number of methoxy groups -OCH3 is 1. The Balaban J connectivity index is 2.33. The van der Waals surface area contributed by atoms with Gasteiger partial charge >= 0.3 is 6.09 Å². The summed E-state index contributed by atoms with van der Waals surface area (Å²) in [5.74, 6) is 0.00765. The van der Waals surface area contributed by atoms with E-state index in [-0.39, 0.29) is 17.7 Å². The number of rotatable bonds is 1. The monoisotopic (exact) mass is 235 g/mol. The van der Waals surface area contributed by atoms with Crippen LogP contribution < -0.4 is 5.32 Å². The molecule has 0 aromatic heterocycles. The summed E-state index contributed by atoms with van der Waals surface area (Å²) in [6.07, 6.45) is 1.20. The van der Waals surface area contributed by atoms with Crippen LogP contribution >= 0.6 is 0 Å². The molecule has 3 nitrogen and oxygen atoms in total. The van der Waals surface area contributed by atoms with E-state index in [4.69, 9.17) is 0 Å². The zero-order valence-electron chi connectivity index (χ0n) is 10.00. The summed E-state index contributed by atoms with van der Waals surface area (Å²) in [7, 11) is 3.34. The van der Waals surface area contributed by atoms with Crippen LogP contribution in [0.5, 0.6) is 0 Å². The van der Waals surface area contributed by atoms with Crippen LogP contribution in [-0.4, -0.2) is 21.0 Å². The third-order valence-electron chi connectivity index (χ3n) is 3.32. The number of nitrogens with one attached hydrogen (secondary N) is 1. The van der Waals surface area contributed by atoms with Crippen LogP contribution in [0.15, 0.2) is 18.2 Å². The van der Waals surface area contributed by atoms with E-state index in [0.29, 0.717) is 0 Å². The van der Waals surface area contributed by atoms with Crippen molar-refractivity contribution >= 4 is 13.9 Å². The van der Waals surface area contributed by atoms with Gasteiger partial charge in [-0.2, -0.15) is 0 Å². The van der Waals surface area contributed by atoms with Crippen molar-refractivity contribution in [1.82, 2.24) is 5.32 Å². The van der Waals surface area contributed by atoms with Gasteiger partial charge in [0.05, 0.1) is 13.2 Å². The Morgan fingerprint density at radius 2 is 2.29 bits per heavy atom. The SMILES string of the molecule is BC1CCC(NC(=O)OC)c2cccc(F)c21. The van der Waals surface area contributed by atoms with Crippen LogP contribution in [0.2, 0.25) is 0 Å². The van der Waals surface area contributed by atoms with E-state index in [1.807, 2.05) is 13.9 Å². The standard InChI is InChI=1S/C12H15BFNO2/c1-17-12(16)15-10-6-5-8(13)11-7(10)3-2-4-9(11)14/h2-4,8,10H,5-6,13H2,1H3,(H,15,16). The quantitative estimate of drug-likeness (QED) is 0.752. The molecule has 1 aromatic rings. The topological polar surface area (TPSA) is 38.3 Å². The van der Waals surface area contributed by atoms with Gasteiger partial charge in [0.2, 0.25) is 0 Å². The van der Waals surface area contributed by atoms with Gasteiger partial charge in [-0.15, -0.1) is 0 Å². The van der Waals surface area contributed by atoms with E-state index in [1.165, 1.54) is 13.2 Å². The first kappa shape index (κ1) is 12.0. The molecule has 0 saturated heterocycles. The van der Waals surface area contributed by atoms with Crippen molar-refractivity contribution in [2.75, 3.05) is 7.11 Å². The van der Waals surface area contributed by atoms with Crippen molar-refractivity contribution in [3.63, 3.8) is 0 Å². The number of carbonyl (C=O) groups is 1. The minimum Gasteiger partial charge on any atom is -0.453 e. The fraction of sp³-hybridized carbons (Fsp3) is 0.417. The average Bonchev–Trinajstić information content (AvgIpc) is 2.32. The van der Waals surface area contributed by atoms with Crippen LogP contribution in [0.25, 0.3) is 0 Å². The molecule has 17 heavy (non-hydrogen) atoms. The highest BCUT2D eigenvalue weighted by Gasteiger charge is 2.28. The zero-order valence-corrected chi connectivity index (χ0v) is 10.00. The number of halogens is 1. The van der Waals surface area contributed by atoms with Crippen molar-refractivity contribution < 1.29 is 13.9 Å². The molecular weight excluding hydrogens is 220 g/mol. The third kappa shape index (κ3) is 2.28. The molecule has 1 amide bonds. The molecule has 1 aromatic carbocycles. The third-order valence-corrected chi connectivity index (χ3v) is 3.32. The Morgan fingerprint density at radius 1 is 1.53 bits per heavy atom. The molecule has 0 fully saturated rings. The number of ether oxygens (including phenoxy) is 1. The highest BCUT2D eigenvalue weighted by molar-refractivity contribution is 6.12. The molecule has 5 heteroatoms. The summed E-state index contributed by atoms with van der Waals surface area (Å²) >= 11 is 0. The highest BCUT2D eigenvalue weighted by Crippen LogP contribution is 2.37. The average molecular weight is 235 g/mol. The molecule has 1 aliphatic carbocycles. The van der Waals surface area contributed by atoms with Gasteiger partial charge in [0.1, 0.15) is 13.7 Å². The Bertz CT molecular complexity index is 439. The van der Waals surface area contributed by atoms with Crippen LogP contribution in [0.1, 0.15) is 35.8 Å². The molecule has 0 aliphatic heterocycles. The Hall–Kier alpha value is -1.52. The molecular formula is C12H15BFNO2. The minimum atomic E-state index is -0.472. The highest BCUT2D eigenvalue weighted by atomic mass is 19.1. The largest absolute Gasteiger partial charge is 0.453 e. The molecule has 0 saturated carbocycles. The fourth-order valence-corrected chi connectivity index (χ4v) is 2.45. The number of fused-ring (bicyclic) bond motifs is 1. The number of alkyl carbamates (subject to hydrolysis) is 1. The van der Waals surface area contributed by atoms with E-state index < -0.39 is 6.09 Å². The van der Waals surface area contributed by atoms with Crippen LogP contribution in [-0.2, 0) is 4.74 Å². The minimum absolute atomic E-state index is 0.149. The number of amides is 1. The Morgan fingerprint density at radius 3 is 3.00 bits per heavy atom. The van der Waals surface area contributed by atoms with Gasteiger partial charge in [0, 0.05) is 0 Å². The second-order valence-electron chi connectivity index (χ2n) is 4.41. The Kier molecular flexibility index (Phi) is 3.36. The molecule has 1 aliphatic rings. The maximum Gasteiger partial charge on any atom is 0.407 e. The van der Waals surface area contributed by atoms with Gasteiger partial charge in [-0.3, -0.25) is 0 Å². The van der Waals surface area contributed by atoms with E-state index in [9.17, 15) is 9.18 Å². The van der Waals surface area contributed by atoms with Crippen LogP contribution in [0.4, 0.5) is 9.18 Å². The fourth-order valence-electron chi connectivity index (χ4n) is 2.45. The molecule has 0 spiro atoms. The molecule has 1 N–H and O–H groups in total. The maximum absolute atomic E-state index is 13.8. The van der Waals surface area contributed by atoms with Crippen molar-refractivity contribution in [3.8, 4) is 0 Å².